The Kier molecular flexibility index (Phi) is 9.65. The average Bonchev–Trinajstić information content (AvgIpc) is 2.91. The van der Waals surface area contributed by atoms with E-state index in [4.69, 9.17) is 0 Å². The van der Waals surface area contributed by atoms with Crippen LogP contribution in [-0.2, 0) is 18.3 Å². The molecule has 0 saturated carbocycles. The van der Waals surface area contributed by atoms with Crippen molar-refractivity contribution in [3.8, 4) is 0 Å². The highest BCUT2D eigenvalue weighted by Gasteiger charge is 2.81. The summed E-state index contributed by atoms with van der Waals surface area (Å²) in [6, 6.07) is 5.37. The quantitative estimate of drug-likeness (QED) is 0.136. The lowest BCUT2D eigenvalue weighted by molar-refractivity contribution is -0.389. The van der Waals surface area contributed by atoms with Gasteiger partial charge >= 0.3 is 30.1 Å². The van der Waals surface area contributed by atoms with Crippen LogP contribution in [0, 0.1) is 15.2 Å². The molecule has 0 N–H and O–H groups in total. The zero-order chi connectivity index (χ0) is 34.5. The number of carbonyl (C=O) groups excluding carboxylic acids is 2. The minimum atomic E-state index is -7.26. The fourth-order valence-electron chi connectivity index (χ4n) is 4.13. The number of amides is 1. The number of hydrogen-bond donors (Lipinski definition) is 0. The average molecular weight is 777 g/mol. The van der Waals surface area contributed by atoms with Crippen molar-refractivity contribution in [2.24, 2.45) is 0 Å². The summed E-state index contributed by atoms with van der Waals surface area (Å²) in [6.45, 7) is 0. The Bertz CT molecular complexity index is 1610. The number of ketones is 1. The van der Waals surface area contributed by atoms with Gasteiger partial charge in [0, 0.05) is 28.2 Å². The zero-order valence-electron chi connectivity index (χ0n) is 21.8. The Balaban J connectivity index is 2.12. The predicted molar refractivity (Wildman–Crippen MR) is 138 cm³/mol. The van der Waals surface area contributed by atoms with Gasteiger partial charge in [0.1, 0.15) is 5.82 Å². The summed E-state index contributed by atoms with van der Waals surface area (Å²) in [5, 5.41) is 0. The first-order chi connectivity index (χ1) is 20.4. The van der Waals surface area contributed by atoms with Crippen LogP contribution in [0.25, 0.3) is 0 Å². The van der Waals surface area contributed by atoms with Gasteiger partial charge in [0.25, 0.3) is 5.91 Å². The predicted octanol–water partition coefficient (Wildman–Crippen LogP) is 9.21. The molecule has 45 heavy (non-hydrogen) atoms. The number of nitrogens with zero attached hydrogens (tertiary/aromatic N) is 1. The highest BCUT2D eigenvalue weighted by molar-refractivity contribution is 14.1. The van der Waals surface area contributed by atoms with E-state index in [1.807, 2.05) is 0 Å². The number of rotatable bonds is 7. The summed E-state index contributed by atoms with van der Waals surface area (Å²) < 4.78 is 191. The summed E-state index contributed by atoms with van der Waals surface area (Å²) in [4.78, 5) is 26.3. The van der Waals surface area contributed by atoms with Crippen molar-refractivity contribution in [1.82, 2.24) is 0 Å². The first-order valence-electron chi connectivity index (χ1n) is 11.8. The maximum atomic E-state index is 15.4. The molecule has 0 aromatic heterocycles. The van der Waals surface area contributed by atoms with Crippen molar-refractivity contribution in [1.29, 1.82) is 0 Å². The lowest BCUT2D eigenvalue weighted by Gasteiger charge is -2.36. The third kappa shape index (κ3) is 6.60. The van der Waals surface area contributed by atoms with Crippen molar-refractivity contribution in [3.63, 3.8) is 0 Å². The molecule has 3 rings (SSSR count). The highest BCUT2D eigenvalue weighted by atomic mass is 127. The Labute approximate surface area is 256 Å². The van der Waals surface area contributed by atoms with Crippen LogP contribution >= 0.6 is 22.6 Å². The Hall–Kier alpha value is -3.45. The van der Waals surface area contributed by atoms with Gasteiger partial charge in [0.2, 0.25) is 0 Å². The van der Waals surface area contributed by atoms with E-state index < -0.39 is 97.4 Å². The molecular weight excluding hydrogens is 763 g/mol. The minimum Gasteiger partial charge on any atom is -0.309 e. The molecule has 3 aromatic carbocycles. The van der Waals surface area contributed by atoms with E-state index in [9.17, 15) is 66.7 Å². The molecule has 0 spiro atoms. The fourth-order valence-corrected chi connectivity index (χ4v) is 4.95. The molecule has 0 saturated heterocycles. The van der Waals surface area contributed by atoms with Gasteiger partial charge in [-0.3, -0.25) is 9.59 Å². The molecule has 0 aliphatic rings. The monoisotopic (exact) mass is 777 g/mol. The van der Waals surface area contributed by atoms with E-state index >= 15 is 4.39 Å². The molecule has 1 atom stereocenters. The maximum Gasteiger partial charge on any atom is 0.457 e. The number of carbonyl (C=O) groups is 2. The number of Topliss-reactive ketones (excluding diaryl/α,β-unsaturated/α-hetero) is 1. The van der Waals surface area contributed by atoms with Crippen LogP contribution in [0.3, 0.4) is 0 Å². The largest absolute Gasteiger partial charge is 0.457 e. The maximum absolute atomic E-state index is 15.4. The first-order valence-corrected chi connectivity index (χ1v) is 12.9. The molecule has 0 aliphatic carbocycles. The summed E-state index contributed by atoms with van der Waals surface area (Å²) in [5.74, 6) is -11.9. The lowest BCUT2D eigenvalue weighted by Crippen LogP contribution is -2.59. The molecule has 1 unspecified atom stereocenters. The van der Waals surface area contributed by atoms with E-state index in [2.05, 4.69) is 0 Å². The summed E-state index contributed by atoms with van der Waals surface area (Å²) in [5.41, 5.74) is -14.8. The second kappa shape index (κ2) is 12.1. The van der Waals surface area contributed by atoms with E-state index in [1.165, 1.54) is 0 Å². The topological polar surface area (TPSA) is 37.4 Å². The molecule has 244 valence electrons. The Morgan fingerprint density at radius 1 is 0.778 bits per heavy atom. The lowest BCUT2D eigenvalue weighted by atomic mass is 9.85. The highest BCUT2D eigenvalue weighted by Crippen LogP contribution is 2.59. The van der Waals surface area contributed by atoms with Crippen molar-refractivity contribution >= 4 is 40.0 Å². The van der Waals surface area contributed by atoms with Crippen LogP contribution < -0.4 is 4.90 Å². The van der Waals surface area contributed by atoms with Crippen molar-refractivity contribution in [3.05, 3.63) is 97.6 Å². The Morgan fingerprint density at radius 3 is 1.82 bits per heavy atom. The summed E-state index contributed by atoms with van der Waals surface area (Å²) in [7, 11) is 1.03. The van der Waals surface area contributed by atoms with Crippen LogP contribution in [0.15, 0.2) is 54.6 Å². The minimum absolute atomic E-state index is 0.140. The van der Waals surface area contributed by atoms with E-state index in [1.54, 1.807) is 0 Å². The molecule has 0 fully saturated rings. The molecule has 0 radical (unpaired) electrons. The van der Waals surface area contributed by atoms with E-state index in [0.717, 1.165) is 72.1 Å². The van der Waals surface area contributed by atoms with Crippen LogP contribution in [-0.4, -0.2) is 37.0 Å². The van der Waals surface area contributed by atoms with Crippen LogP contribution in [0.2, 0.25) is 0 Å². The number of alkyl halides is 12. The second-order valence-corrected chi connectivity index (χ2v) is 10.5. The zero-order valence-corrected chi connectivity index (χ0v) is 24.0. The van der Waals surface area contributed by atoms with Gasteiger partial charge in [0.15, 0.2) is 11.6 Å². The molecule has 1 amide bonds. The molecule has 0 bridgehead atoms. The smallest absolute Gasteiger partial charge is 0.309 e. The van der Waals surface area contributed by atoms with Gasteiger partial charge in [-0.2, -0.15) is 48.3 Å². The summed E-state index contributed by atoms with van der Waals surface area (Å²) >= 11 is 0.779. The molecule has 0 aliphatic heterocycles. The molecular formula is C27H14F14INO2. The molecule has 0 heterocycles. The van der Waals surface area contributed by atoms with Gasteiger partial charge in [0.05, 0.1) is 16.8 Å². The van der Waals surface area contributed by atoms with Crippen LogP contribution in [0.5, 0.6) is 0 Å². The first kappa shape index (κ1) is 36.0. The van der Waals surface area contributed by atoms with E-state index in [-0.39, 0.29) is 11.6 Å². The van der Waals surface area contributed by atoms with Gasteiger partial charge in [-0.1, -0.05) is 6.07 Å². The standard InChI is InChI=1S/C27H14F14INO2/c1-43(22(45)12-5-7-14(28)8-6-12)19-4-2-3-15(21(19)29)20(44)11-16-17(24(31,32)33)9-13(10-18(16)42)23(30,26(36,37)38)25(34,35)27(39,40)41/h2-10H,11H2,1H3. The van der Waals surface area contributed by atoms with Crippen molar-refractivity contribution < 1.29 is 71.1 Å². The van der Waals surface area contributed by atoms with Gasteiger partial charge < -0.3 is 4.90 Å². The molecule has 18 heteroatoms. The van der Waals surface area contributed by atoms with Gasteiger partial charge in [-0.25, -0.2) is 13.2 Å². The van der Waals surface area contributed by atoms with E-state index in [0.29, 0.717) is 4.90 Å². The van der Waals surface area contributed by atoms with Gasteiger partial charge in [-0.15, -0.1) is 0 Å². The second-order valence-electron chi connectivity index (χ2n) is 9.32. The third-order valence-electron chi connectivity index (χ3n) is 6.45. The van der Waals surface area contributed by atoms with Gasteiger partial charge in [-0.05, 0) is 76.7 Å². The van der Waals surface area contributed by atoms with Crippen molar-refractivity contribution in [2.75, 3.05) is 11.9 Å². The number of benzene rings is 3. The molecule has 3 nitrogen and oxygen atoms in total. The van der Waals surface area contributed by atoms with Crippen molar-refractivity contribution in [2.45, 2.75) is 36.5 Å². The van der Waals surface area contributed by atoms with Crippen LogP contribution in [0.4, 0.5) is 67.2 Å². The number of anilines is 1. The third-order valence-corrected chi connectivity index (χ3v) is 7.41. The fraction of sp³-hybridized carbons (Fsp3) is 0.259. The molecule has 3 aromatic rings. The SMILES string of the molecule is CN(C(=O)c1ccc(F)cc1)c1cccc(C(=O)Cc2c(I)cc(C(F)(C(F)(F)F)C(F)(F)C(F)(F)F)cc2C(F)(F)F)c1F. The van der Waals surface area contributed by atoms with Crippen LogP contribution in [0.1, 0.15) is 37.4 Å². The summed E-state index contributed by atoms with van der Waals surface area (Å²) in [6.07, 6.45) is -21.6. The number of hydrogen-bond acceptors (Lipinski definition) is 2. The normalized spacial score (nSPS) is 14.2. The number of halogens is 15. The Morgan fingerprint density at radius 2 is 1.33 bits per heavy atom.